The Labute approximate surface area is 489 Å². The first-order valence-electron chi connectivity index (χ1n) is 26.8. The average Bonchev–Trinajstić information content (AvgIpc) is 2.20. The number of aryl methyl sites for hydroxylation is 1. The first kappa shape index (κ1) is 64.2. The fourth-order valence-corrected chi connectivity index (χ4v) is 13.9. The molecular weight excluding hydrogens is 1240 g/mol. The summed E-state index contributed by atoms with van der Waals surface area (Å²) in [6.45, 7) is 5.42. The van der Waals surface area contributed by atoms with Crippen molar-refractivity contribution in [2.45, 2.75) is 146 Å². The second-order valence-corrected chi connectivity index (χ2v) is 28.1. The number of nitrogens with one attached hydrogen (secondary N) is 2. The third kappa shape index (κ3) is 14.6. The second-order valence-electron chi connectivity index (χ2n) is 21.5. The van der Waals surface area contributed by atoms with Gasteiger partial charge in [0.2, 0.25) is 5.95 Å². The summed E-state index contributed by atoms with van der Waals surface area (Å²) in [6.07, 6.45) is -10.1. The molecule has 42 heteroatoms. The Hall–Kier alpha value is -5.82. The van der Waals surface area contributed by atoms with Gasteiger partial charge >= 0.3 is 42.4 Å². The lowest BCUT2D eigenvalue weighted by atomic mass is 10.0. The zero-order valence-electron chi connectivity index (χ0n) is 46.7. The first-order chi connectivity index (χ1) is 40.9. The molecule has 0 saturated carbocycles. The molecule has 0 aromatic carbocycles. The molecule has 0 amide bonds. The van der Waals surface area contributed by atoms with Crippen LogP contribution in [0.4, 0.5) is 17.6 Å². The number of hydrogen-bond acceptors (Lipinski definition) is 28. The van der Waals surface area contributed by atoms with E-state index in [0.29, 0.717) is 6.42 Å². The van der Waals surface area contributed by atoms with Gasteiger partial charge in [0.05, 0.1) is 56.4 Å². The van der Waals surface area contributed by atoms with Crippen LogP contribution in [0, 0.1) is 12.8 Å². The van der Waals surface area contributed by atoms with Crippen molar-refractivity contribution in [3.8, 4) is 0 Å². The summed E-state index contributed by atoms with van der Waals surface area (Å²) < 4.78 is 123. The maximum absolute atomic E-state index is 14.2. The van der Waals surface area contributed by atoms with Crippen LogP contribution in [0.2, 0.25) is 0 Å². The van der Waals surface area contributed by atoms with E-state index >= 15 is 0 Å². The highest BCUT2D eigenvalue weighted by Gasteiger charge is 2.49. The standard InChI is InChI=1S/C45H63N15O23P4/c1-20(2)8-23-24(9-33(76-23)58-13-22(5)41(61)56-45(58)64)81-85(67,68)74-15-29-26(11-34(78-29)59-18-51-36-38(47)49-17-50-39(36)59)82-87(71,72)75-16-30-27(12-35(79-30)60-19-52-37-40(60)54-43(48)55-42(37)62)83-86(69,70)73-14-28-25(80-84(65,66)21(3)4)10-32(77-28)57-7-6-31(46)53-44(57)63/h6-7,13,17-21,23-30,32-35H,8-12,14-16H2,1-5H3,(H,65,66)(H,67,68)(H,69,70)(H,71,72)(H2,46,53,63)(H2,47,49,50)(H,56,61,64)(H3,48,54,55,62)/t23-,24-,25-,26-,27-,28-,29-,30-,32-,33-,34-,35-/m1/s1. The van der Waals surface area contributed by atoms with Gasteiger partial charge in [-0.15, -0.1) is 0 Å². The molecule has 4 fully saturated rings. The summed E-state index contributed by atoms with van der Waals surface area (Å²) >= 11 is 0. The van der Waals surface area contributed by atoms with Gasteiger partial charge in [-0.25, -0.2) is 43.2 Å². The molecule has 4 unspecified atom stereocenters. The summed E-state index contributed by atoms with van der Waals surface area (Å²) in [6, 6.07) is 1.30. The zero-order valence-corrected chi connectivity index (χ0v) is 50.3. The number of nitrogens with two attached hydrogens (primary N) is 3. The normalized spacial score (nSPS) is 28.8. The van der Waals surface area contributed by atoms with Crippen LogP contribution in [-0.4, -0.2) is 152 Å². The molecule has 0 radical (unpaired) electrons. The van der Waals surface area contributed by atoms with E-state index in [2.05, 4.69) is 39.9 Å². The smallest absolute Gasteiger partial charge is 0.383 e. The SMILES string of the molecule is Cc1cn([C@H]2C[C@@H](OP(=O)(O)OC[C@H]3O[C@@H](n4cnc5c(N)ncnc54)C[C@H]3OP(=O)(O)OC[C@H]3O[C@@H](n4cnc5c(=O)[nH]c(N)nc54)C[C@H]3OP(=O)(O)OC[C@H]3O[C@@H](n4ccc(N)nc4=O)C[C@H]3OP(=O)(O)C(C)C)[C@@H](CC(C)C)O2)c(=O)[nH]c1=O. The van der Waals surface area contributed by atoms with E-state index in [1.807, 2.05) is 13.8 Å². The Kier molecular flexibility index (Phi) is 18.6. The van der Waals surface area contributed by atoms with Crippen LogP contribution in [-0.2, 0) is 68.9 Å². The van der Waals surface area contributed by atoms with Crippen LogP contribution in [0.25, 0.3) is 22.3 Å². The fraction of sp³-hybridized carbons (Fsp3) is 0.600. The molecule has 6 aromatic heterocycles. The Bertz CT molecular complexity index is 3970. The summed E-state index contributed by atoms with van der Waals surface area (Å²) in [5.74, 6) is -0.433. The van der Waals surface area contributed by atoms with Gasteiger partial charge in [0.25, 0.3) is 11.1 Å². The number of nitrogen functional groups attached to an aromatic ring is 3. The van der Waals surface area contributed by atoms with Gasteiger partial charge in [-0.1, -0.05) is 27.7 Å². The number of anilines is 3. The fourth-order valence-electron chi connectivity index (χ4n) is 10.2. The van der Waals surface area contributed by atoms with E-state index in [1.54, 1.807) is 0 Å². The maximum atomic E-state index is 14.2. The zero-order chi connectivity index (χ0) is 62.7. The number of phosphoric ester groups is 3. The van der Waals surface area contributed by atoms with E-state index in [9.17, 15) is 57.0 Å². The third-order valence-corrected chi connectivity index (χ3v) is 19.4. The molecular formula is C45H63N15O23P4. The van der Waals surface area contributed by atoms with Crippen molar-refractivity contribution in [3.05, 3.63) is 84.7 Å². The topological polar surface area (TPSA) is 526 Å². The largest absolute Gasteiger partial charge is 0.472 e. The molecule has 4 aliphatic rings. The Morgan fingerprint density at radius 2 is 1.09 bits per heavy atom. The molecule has 16 atom stereocenters. The van der Waals surface area contributed by atoms with Gasteiger partial charge < -0.3 is 60.2 Å². The number of aromatic amines is 2. The summed E-state index contributed by atoms with van der Waals surface area (Å²) in [5.41, 5.74) is 13.9. The van der Waals surface area contributed by atoms with Crippen molar-refractivity contribution in [3.63, 3.8) is 0 Å². The number of fused-ring (bicyclic) bond motifs is 2. The summed E-state index contributed by atoms with van der Waals surface area (Å²) in [5, 5.41) is 0. The molecule has 0 bridgehead atoms. The van der Waals surface area contributed by atoms with Gasteiger partial charge in [0, 0.05) is 43.6 Å². The van der Waals surface area contributed by atoms with Crippen LogP contribution in [0.5, 0.6) is 0 Å². The van der Waals surface area contributed by atoms with E-state index in [1.165, 1.54) is 54.7 Å². The first-order valence-corrected chi connectivity index (χ1v) is 33.0. The predicted molar refractivity (Wildman–Crippen MR) is 297 cm³/mol. The molecule has 476 valence electrons. The van der Waals surface area contributed by atoms with E-state index < -0.39 is 159 Å². The number of hydrogen-bond donors (Lipinski definition) is 9. The molecule has 6 aromatic rings. The number of aromatic nitrogens is 12. The van der Waals surface area contributed by atoms with Gasteiger partial charge in [-0.3, -0.25) is 69.5 Å². The van der Waals surface area contributed by atoms with Crippen molar-refractivity contribution in [1.82, 2.24) is 58.1 Å². The van der Waals surface area contributed by atoms with E-state index in [4.69, 9.17) is 67.8 Å². The lowest BCUT2D eigenvalue weighted by molar-refractivity contribution is -0.0611. The van der Waals surface area contributed by atoms with Crippen molar-refractivity contribution in [2.75, 3.05) is 37.0 Å². The maximum Gasteiger partial charge on any atom is 0.472 e. The van der Waals surface area contributed by atoms with Crippen LogP contribution >= 0.6 is 31.1 Å². The van der Waals surface area contributed by atoms with E-state index in [0.717, 1.165) is 21.8 Å². The van der Waals surface area contributed by atoms with Crippen LogP contribution in [0.3, 0.4) is 0 Å². The highest BCUT2D eigenvalue weighted by Crippen LogP contribution is 2.55. The highest BCUT2D eigenvalue weighted by molar-refractivity contribution is 7.53. The van der Waals surface area contributed by atoms with E-state index in [-0.39, 0.29) is 70.7 Å². The van der Waals surface area contributed by atoms with Gasteiger partial charge in [0.15, 0.2) is 22.6 Å². The molecule has 87 heavy (non-hydrogen) atoms. The highest BCUT2D eigenvalue weighted by atomic mass is 31.2. The monoisotopic (exact) mass is 1310 g/mol. The van der Waals surface area contributed by atoms with Crippen LogP contribution in [0.15, 0.2) is 56.6 Å². The third-order valence-electron chi connectivity index (χ3n) is 14.5. The molecule has 0 aliphatic carbocycles. The molecule has 4 saturated heterocycles. The van der Waals surface area contributed by atoms with Crippen molar-refractivity contribution >= 4 is 71.0 Å². The Balaban J connectivity index is 0.864. The molecule has 38 nitrogen and oxygen atoms in total. The minimum atomic E-state index is -5.39. The van der Waals surface area contributed by atoms with Crippen molar-refractivity contribution in [1.29, 1.82) is 0 Å². The molecule has 12 N–H and O–H groups in total. The minimum Gasteiger partial charge on any atom is -0.383 e. The predicted octanol–water partition coefficient (Wildman–Crippen LogP) is 1.50. The number of imidazole rings is 2. The van der Waals surface area contributed by atoms with Gasteiger partial charge in [-0.05, 0) is 25.3 Å². The van der Waals surface area contributed by atoms with Crippen molar-refractivity contribution < 1.29 is 88.4 Å². The Morgan fingerprint density at radius 3 is 1.62 bits per heavy atom. The molecule has 10 rings (SSSR count). The van der Waals surface area contributed by atoms with Crippen LogP contribution < -0.4 is 39.7 Å². The van der Waals surface area contributed by atoms with Gasteiger partial charge in [0.1, 0.15) is 73.1 Å². The number of phosphoric acid groups is 3. The number of ether oxygens (including phenoxy) is 4. The minimum absolute atomic E-state index is 0.00688. The average molecular weight is 1310 g/mol. The van der Waals surface area contributed by atoms with Gasteiger partial charge in [-0.2, -0.15) is 9.97 Å². The van der Waals surface area contributed by atoms with Crippen LogP contribution in [0.1, 0.15) is 90.3 Å². The molecule has 10 heterocycles. The number of nitrogens with zero attached hydrogens (tertiary/aromatic N) is 10. The second kappa shape index (κ2) is 25.2. The summed E-state index contributed by atoms with van der Waals surface area (Å²) in [7, 11) is -20.2. The molecule has 4 aliphatic heterocycles. The number of rotatable bonds is 24. The number of H-pyrrole nitrogens is 2. The molecule has 0 spiro atoms. The lowest BCUT2D eigenvalue weighted by Crippen LogP contribution is -2.33. The summed E-state index contributed by atoms with van der Waals surface area (Å²) in [4.78, 5) is 124. The van der Waals surface area contributed by atoms with Crippen molar-refractivity contribution in [2.24, 2.45) is 5.92 Å². The lowest BCUT2D eigenvalue weighted by Gasteiger charge is -2.26. The quantitative estimate of drug-likeness (QED) is 0.0388. The Morgan fingerprint density at radius 1 is 0.609 bits per heavy atom.